The van der Waals surface area contributed by atoms with E-state index in [1.807, 2.05) is 0 Å². The van der Waals surface area contributed by atoms with Gasteiger partial charge in [0.25, 0.3) is 14.7 Å². The molecule has 0 saturated heterocycles. The lowest BCUT2D eigenvalue weighted by molar-refractivity contribution is -0.385. The van der Waals surface area contributed by atoms with Crippen LogP contribution < -0.4 is 0 Å². The second kappa shape index (κ2) is 4.68. The van der Waals surface area contributed by atoms with Crippen molar-refractivity contribution in [3.63, 3.8) is 0 Å². The first-order chi connectivity index (χ1) is 7.79. The maximum Gasteiger partial charge on any atom is 0.346 e. The van der Waals surface area contributed by atoms with Crippen LogP contribution in [0.5, 0.6) is 0 Å². The van der Waals surface area contributed by atoms with Crippen LogP contribution in [-0.4, -0.2) is 26.4 Å². The van der Waals surface area contributed by atoms with E-state index in [1.165, 1.54) is 0 Å². The summed E-state index contributed by atoms with van der Waals surface area (Å²) in [6.45, 7) is 0. The molecule has 0 radical (unpaired) electrons. The topological polar surface area (TPSA) is 104 Å². The SMILES string of the molecule is COC(=O)c1c([N+](=O)[O-])cccc1S(=O)(=O)Cl. The van der Waals surface area contributed by atoms with Crippen molar-refractivity contribution in [1.82, 2.24) is 0 Å². The zero-order valence-corrected chi connectivity index (χ0v) is 9.99. The summed E-state index contributed by atoms with van der Waals surface area (Å²) in [6.07, 6.45) is 0. The lowest BCUT2D eigenvalue weighted by atomic mass is 10.2. The molecule has 0 N–H and O–H groups in total. The van der Waals surface area contributed by atoms with Crippen molar-refractivity contribution in [3.05, 3.63) is 33.9 Å². The van der Waals surface area contributed by atoms with Crippen molar-refractivity contribution in [2.45, 2.75) is 4.90 Å². The maximum atomic E-state index is 11.4. The van der Waals surface area contributed by atoms with Crippen molar-refractivity contribution in [1.29, 1.82) is 0 Å². The van der Waals surface area contributed by atoms with Crippen LogP contribution in [0.4, 0.5) is 5.69 Å². The fraction of sp³-hybridized carbons (Fsp3) is 0.125. The van der Waals surface area contributed by atoms with Crippen LogP contribution in [0.25, 0.3) is 0 Å². The highest BCUT2D eigenvalue weighted by atomic mass is 35.7. The van der Waals surface area contributed by atoms with Gasteiger partial charge in [-0.15, -0.1) is 0 Å². The highest BCUT2D eigenvalue weighted by Crippen LogP contribution is 2.28. The summed E-state index contributed by atoms with van der Waals surface area (Å²) in [5.41, 5.74) is -1.37. The predicted molar refractivity (Wildman–Crippen MR) is 57.5 cm³/mol. The standard InChI is InChI=1S/C8H6ClNO6S/c1-16-8(11)7-5(10(12)13)3-2-4-6(7)17(9,14)15/h2-4H,1H3. The van der Waals surface area contributed by atoms with Gasteiger partial charge in [-0.05, 0) is 6.07 Å². The van der Waals surface area contributed by atoms with Gasteiger partial charge in [-0.1, -0.05) is 6.07 Å². The molecule has 0 atom stereocenters. The number of nitro benzene ring substituents is 1. The van der Waals surface area contributed by atoms with Crippen molar-refractivity contribution in [3.8, 4) is 0 Å². The minimum atomic E-state index is -4.28. The molecule has 0 fully saturated rings. The van der Waals surface area contributed by atoms with E-state index in [9.17, 15) is 23.3 Å². The van der Waals surface area contributed by atoms with Gasteiger partial charge in [0.15, 0.2) is 5.56 Å². The largest absolute Gasteiger partial charge is 0.465 e. The predicted octanol–water partition coefficient (Wildman–Crippen LogP) is 1.31. The molecule has 0 unspecified atom stereocenters. The van der Waals surface area contributed by atoms with Gasteiger partial charge in [-0.25, -0.2) is 13.2 Å². The molecule has 0 spiro atoms. The first-order valence-electron chi connectivity index (χ1n) is 4.09. The summed E-state index contributed by atoms with van der Waals surface area (Å²) >= 11 is 0. The number of hydrogen-bond acceptors (Lipinski definition) is 6. The number of hydrogen-bond donors (Lipinski definition) is 0. The molecule has 9 heteroatoms. The monoisotopic (exact) mass is 279 g/mol. The molecule has 0 aliphatic heterocycles. The van der Waals surface area contributed by atoms with Crippen LogP contribution in [0.2, 0.25) is 0 Å². The van der Waals surface area contributed by atoms with Gasteiger partial charge in [0.05, 0.1) is 12.0 Å². The molecule has 0 saturated carbocycles. The summed E-state index contributed by atoms with van der Waals surface area (Å²) in [6, 6.07) is 3.08. The summed E-state index contributed by atoms with van der Waals surface area (Å²) in [4.78, 5) is 20.5. The normalized spacial score (nSPS) is 10.9. The molecule has 1 aromatic carbocycles. The molecule has 17 heavy (non-hydrogen) atoms. The molecule has 92 valence electrons. The van der Waals surface area contributed by atoms with Crippen LogP contribution in [0.3, 0.4) is 0 Å². The Morgan fingerprint density at radius 2 is 2.06 bits per heavy atom. The van der Waals surface area contributed by atoms with Gasteiger partial charge in [-0.2, -0.15) is 0 Å². The Hall–Kier alpha value is -1.67. The van der Waals surface area contributed by atoms with E-state index in [4.69, 9.17) is 10.7 Å². The molecule has 0 heterocycles. The van der Waals surface area contributed by atoms with Crippen LogP contribution in [-0.2, 0) is 13.8 Å². The molecule has 0 amide bonds. The van der Waals surface area contributed by atoms with Crippen molar-refractivity contribution in [2.24, 2.45) is 0 Å². The molecule has 0 aliphatic carbocycles. The zero-order valence-electron chi connectivity index (χ0n) is 8.41. The fourth-order valence-corrected chi connectivity index (χ4v) is 2.24. The van der Waals surface area contributed by atoms with Crippen LogP contribution in [0.1, 0.15) is 10.4 Å². The second-order valence-corrected chi connectivity index (χ2v) is 5.37. The number of ether oxygens (including phenoxy) is 1. The van der Waals surface area contributed by atoms with Gasteiger partial charge in [0, 0.05) is 16.7 Å². The number of halogens is 1. The molecular formula is C8H6ClNO6S. The number of benzene rings is 1. The van der Waals surface area contributed by atoms with E-state index in [1.54, 1.807) is 0 Å². The first-order valence-corrected chi connectivity index (χ1v) is 6.40. The minimum Gasteiger partial charge on any atom is -0.465 e. The number of nitro groups is 1. The lowest BCUT2D eigenvalue weighted by Crippen LogP contribution is -2.10. The Morgan fingerprint density at radius 3 is 2.47 bits per heavy atom. The Morgan fingerprint density at radius 1 is 1.47 bits per heavy atom. The first kappa shape index (κ1) is 13.4. The van der Waals surface area contributed by atoms with Crippen molar-refractivity contribution in [2.75, 3.05) is 7.11 Å². The number of carbonyl (C=O) groups excluding carboxylic acids is 1. The molecule has 0 aliphatic rings. The zero-order chi connectivity index (χ0) is 13.2. The third-order valence-corrected chi connectivity index (χ3v) is 3.22. The van der Waals surface area contributed by atoms with Crippen molar-refractivity contribution >= 4 is 31.4 Å². The van der Waals surface area contributed by atoms with Crippen LogP contribution in [0.15, 0.2) is 23.1 Å². The molecular weight excluding hydrogens is 274 g/mol. The quantitative estimate of drug-likeness (QED) is 0.357. The highest BCUT2D eigenvalue weighted by molar-refractivity contribution is 8.13. The fourth-order valence-electron chi connectivity index (χ4n) is 1.18. The summed E-state index contributed by atoms with van der Waals surface area (Å²) in [7, 11) is 1.78. The summed E-state index contributed by atoms with van der Waals surface area (Å²) in [5, 5.41) is 10.7. The van der Waals surface area contributed by atoms with E-state index in [2.05, 4.69) is 4.74 Å². The van der Waals surface area contributed by atoms with Gasteiger partial charge in [0.1, 0.15) is 4.90 Å². The maximum absolute atomic E-state index is 11.4. The summed E-state index contributed by atoms with van der Waals surface area (Å²) < 4.78 is 26.7. The van der Waals surface area contributed by atoms with Crippen LogP contribution >= 0.6 is 10.7 Å². The molecule has 1 rings (SSSR count). The Balaban J connectivity index is 3.69. The van der Waals surface area contributed by atoms with Gasteiger partial charge < -0.3 is 4.74 Å². The lowest BCUT2D eigenvalue weighted by Gasteiger charge is -2.05. The summed E-state index contributed by atoms with van der Waals surface area (Å²) in [5.74, 6) is -1.14. The molecule has 0 bridgehead atoms. The number of methoxy groups -OCH3 is 1. The van der Waals surface area contributed by atoms with Crippen molar-refractivity contribution < 1.29 is 22.9 Å². The average Bonchev–Trinajstić information content (AvgIpc) is 2.25. The second-order valence-electron chi connectivity index (χ2n) is 2.84. The smallest absolute Gasteiger partial charge is 0.346 e. The molecule has 1 aromatic rings. The van der Waals surface area contributed by atoms with E-state index >= 15 is 0 Å². The molecule has 7 nitrogen and oxygen atoms in total. The number of carbonyl (C=O) groups is 1. The minimum absolute atomic E-state index is 0.653. The van der Waals surface area contributed by atoms with E-state index in [-0.39, 0.29) is 0 Å². The number of nitrogens with zero attached hydrogens (tertiary/aromatic N) is 1. The Bertz CT molecular complexity index is 582. The number of rotatable bonds is 3. The van der Waals surface area contributed by atoms with E-state index in [0.29, 0.717) is 0 Å². The van der Waals surface area contributed by atoms with Crippen LogP contribution in [0, 0.1) is 10.1 Å². The van der Waals surface area contributed by atoms with E-state index < -0.39 is 36.1 Å². The van der Waals surface area contributed by atoms with Gasteiger partial charge >= 0.3 is 5.97 Å². The number of esters is 1. The highest BCUT2D eigenvalue weighted by Gasteiger charge is 2.30. The molecule has 0 aromatic heterocycles. The average molecular weight is 280 g/mol. The third kappa shape index (κ3) is 2.71. The third-order valence-electron chi connectivity index (χ3n) is 1.85. The Kier molecular flexibility index (Phi) is 3.69. The van der Waals surface area contributed by atoms with Gasteiger partial charge in [-0.3, -0.25) is 10.1 Å². The van der Waals surface area contributed by atoms with E-state index in [0.717, 1.165) is 25.3 Å². The van der Waals surface area contributed by atoms with Gasteiger partial charge in [0.2, 0.25) is 0 Å². The Labute approximate surface area is 101 Å².